The first-order valence-electron chi connectivity index (χ1n) is 7.96. The van der Waals surface area contributed by atoms with Crippen LogP contribution in [-0.2, 0) is 4.74 Å². The number of urea groups is 1. The van der Waals surface area contributed by atoms with Crippen LogP contribution in [-0.4, -0.2) is 60.8 Å². The summed E-state index contributed by atoms with van der Waals surface area (Å²) in [5.41, 5.74) is 0.479. The molecule has 2 N–H and O–H groups in total. The van der Waals surface area contributed by atoms with Gasteiger partial charge in [0.15, 0.2) is 0 Å². The van der Waals surface area contributed by atoms with Gasteiger partial charge in [0.1, 0.15) is 11.4 Å². The predicted molar refractivity (Wildman–Crippen MR) is 92.3 cm³/mol. The number of carbonyl (C=O) groups excluding carboxylic acids is 2. The van der Waals surface area contributed by atoms with E-state index in [1.807, 2.05) is 26.8 Å². The minimum atomic E-state index is -0.480. The van der Waals surface area contributed by atoms with Crippen LogP contribution in [0.1, 0.15) is 20.8 Å². The van der Waals surface area contributed by atoms with Gasteiger partial charge >= 0.3 is 12.1 Å². The molecule has 24 heavy (non-hydrogen) atoms. The minimum absolute atomic E-state index is 0.273. The maximum atomic E-state index is 12.1. The van der Waals surface area contributed by atoms with Crippen molar-refractivity contribution < 1.29 is 14.3 Å². The van der Waals surface area contributed by atoms with E-state index in [1.165, 1.54) is 0 Å². The molecule has 8 nitrogen and oxygen atoms in total. The molecule has 0 saturated carbocycles. The molecule has 1 fully saturated rings. The fourth-order valence-electron chi connectivity index (χ4n) is 2.30. The van der Waals surface area contributed by atoms with Crippen molar-refractivity contribution in [2.24, 2.45) is 0 Å². The Hall–Kier alpha value is -2.51. The lowest BCUT2D eigenvalue weighted by Gasteiger charge is -2.36. The minimum Gasteiger partial charge on any atom is -0.444 e. The lowest BCUT2D eigenvalue weighted by atomic mass is 10.2. The van der Waals surface area contributed by atoms with Gasteiger partial charge in [-0.3, -0.25) is 5.32 Å². The number of carbonyl (C=O) groups is 2. The molecule has 0 bridgehead atoms. The quantitative estimate of drug-likeness (QED) is 0.862. The standard InChI is InChI=1S/C16H25N5O3/c1-16(2,3)24-15(23)21-9-7-20(8-10-21)12-5-6-13(18-11-12)19-14(22)17-4/h5-6,11H,7-10H2,1-4H3,(H2,17,18,19,22). The second-order valence-corrected chi connectivity index (χ2v) is 6.56. The highest BCUT2D eigenvalue weighted by molar-refractivity contribution is 5.88. The molecule has 8 heteroatoms. The normalized spacial score (nSPS) is 15.0. The number of aromatic nitrogens is 1. The Morgan fingerprint density at radius 3 is 2.33 bits per heavy atom. The zero-order valence-corrected chi connectivity index (χ0v) is 14.6. The molecule has 0 radical (unpaired) electrons. The Bertz CT molecular complexity index is 574. The van der Waals surface area contributed by atoms with Gasteiger partial charge < -0.3 is 19.9 Å². The van der Waals surface area contributed by atoms with Crippen LogP contribution >= 0.6 is 0 Å². The summed E-state index contributed by atoms with van der Waals surface area (Å²) in [6.45, 7) is 8.22. The Morgan fingerprint density at radius 1 is 1.17 bits per heavy atom. The van der Waals surface area contributed by atoms with Crippen molar-refractivity contribution in [2.45, 2.75) is 26.4 Å². The van der Waals surface area contributed by atoms with Gasteiger partial charge in [-0.25, -0.2) is 14.6 Å². The van der Waals surface area contributed by atoms with Crippen LogP contribution in [0.15, 0.2) is 18.3 Å². The smallest absolute Gasteiger partial charge is 0.410 e. The van der Waals surface area contributed by atoms with Crippen LogP contribution in [0.5, 0.6) is 0 Å². The lowest BCUT2D eigenvalue weighted by molar-refractivity contribution is 0.0240. The highest BCUT2D eigenvalue weighted by Gasteiger charge is 2.26. The molecule has 1 saturated heterocycles. The van der Waals surface area contributed by atoms with Crippen molar-refractivity contribution in [3.05, 3.63) is 18.3 Å². The van der Waals surface area contributed by atoms with Gasteiger partial charge in [-0.1, -0.05) is 0 Å². The van der Waals surface area contributed by atoms with Crippen molar-refractivity contribution in [2.75, 3.05) is 43.4 Å². The highest BCUT2D eigenvalue weighted by atomic mass is 16.6. The van der Waals surface area contributed by atoms with Crippen LogP contribution in [0.25, 0.3) is 0 Å². The summed E-state index contributed by atoms with van der Waals surface area (Å²) >= 11 is 0. The zero-order valence-electron chi connectivity index (χ0n) is 14.6. The molecule has 0 aliphatic carbocycles. The fraction of sp³-hybridized carbons (Fsp3) is 0.562. The van der Waals surface area contributed by atoms with E-state index in [2.05, 4.69) is 20.5 Å². The second kappa shape index (κ2) is 7.37. The van der Waals surface area contributed by atoms with Crippen molar-refractivity contribution in [3.63, 3.8) is 0 Å². The van der Waals surface area contributed by atoms with Crippen molar-refractivity contribution >= 4 is 23.6 Å². The molecule has 132 valence electrons. The molecule has 0 unspecified atom stereocenters. The van der Waals surface area contributed by atoms with Gasteiger partial charge in [-0.15, -0.1) is 0 Å². The molecule has 1 aromatic heterocycles. The molecule has 3 amide bonds. The summed E-state index contributed by atoms with van der Waals surface area (Å²) in [6, 6.07) is 3.35. The predicted octanol–water partition coefficient (Wildman–Crippen LogP) is 1.89. The molecule has 2 rings (SSSR count). The van der Waals surface area contributed by atoms with Gasteiger partial charge in [0.2, 0.25) is 0 Å². The molecule has 2 heterocycles. The Labute approximate surface area is 142 Å². The third kappa shape index (κ3) is 5.00. The van der Waals surface area contributed by atoms with E-state index >= 15 is 0 Å². The second-order valence-electron chi connectivity index (χ2n) is 6.56. The Balaban J connectivity index is 1.88. The average molecular weight is 335 g/mol. The molecule has 0 spiro atoms. The van der Waals surface area contributed by atoms with E-state index < -0.39 is 5.60 Å². The maximum absolute atomic E-state index is 12.1. The van der Waals surface area contributed by atoms with Crippen LogP contribution in [0, 0.1) is 0 Å². The molecule has 1 aliphatic rings. The molecular weight excluding hydrogens is 310 g/mol. The summed E-state index contributed by atoms with van der Waals surface area (Å²) < 4.78 is 5.39. The lowest BCUT2D eigenvalue weighted by Crippen LogP contribution is -2.50. The van der Waals surface area contributed by atoms with E-state index in [0.29, 0.717) is 32.0 Å². The van der Waals surface area contributed by atoms with E-state index in [4.69, 9.17) is 4.74 Å². The number of nitrogens with zero attached hydrogens (tertiary/aromatic N) is 3. The van der Waals surface area contributed by atoms with Crippen LogP contribution in [0.2, 0.25) is 0 Å². The number of ether oxygens (including phenoxy) is 1. The summed E-state index contributed by atoms with van der Waals surface area (Å²) in [6.07, 6.45) is 1.44. The molecule has 0 atom stereocenters. The van der Waals surface area contributed by atoms with Crippen LogP contribution in [0.4, 0.5) is 21.1 Å². The first-order chi connectivity index (χ1) is 11.3. The first-order valence-corrected chi connectivity index (χ1v) is 7.96. The summed E-state index contributed by atoms with van der Waals surface area (Å²) in [4.78, 5) is 31.4. The van der Waals surface area contributed by atoms with Crippen molar-refractivity contribution in [1.82, 2.24) is 15.2 Å². The summed E-state index contributed by atoms with van der Waals surface area (Å²) in [5.74, 6) is 0.491. The van der Waals surface area contributed by atoms with E-state index in [-0.39, 0.29) is 12.1 Å². The van der Waals surface area contributed by atoms with Crippen molar-refractivity contribution in [1.29, 1.82) is 0 Å². The number of hydrogen-bond acceptors (Lipinski definition) is 5. The summed E-state index contributed by atoms with van der Waals surface area (Å²) in [5, 5.41) is 5.09. The zero-order chi connectivity index (χ0) is 17.7. The van der Waals surface area contributed by atoms with Gasteiger partial charge in [-0.2, -0.15) is 0 Å². The van der Waals surface area contributed by atoms with E-state index in [9.17, 15) is 9.59 Å². The van der Waals surface area contributed by atoms with Gasteiger partial charge in [0, 0.05) is 33.2 Å². The van der Waals surface area contributed by atoms with E-state index in [0.717, 1.165) is 5.69 Å². The van der Waals surface area contributed by atoms with Crippen LogP contribution in [0.3, 0.4) is 0 Å². The third-order valence-corrected chi connectivity index (χ3v) is 3.51. The molecular formula is C16H25N5O3. The number of hydrogen-bond donors (Lipinski definition) is 2. The monoisotopic (exact) mass is 335 g/mol. The maximum Gasteiger partial charge on any atom is 0.410 e. The fourth-order valence-corrected chi connectivity index (χ4v) is 2.30. The van der Waals surface area contributed by atoms with Crippen molar-refractivity contribution in [3.8, 4) is 0 Å². The number of pyridine rings is 1. The topological polar surface area (TPSA) is 86.8 Å². The Kier molecular flexibility index (Phi) is 5.48. The molecule has 1 aliphatic heterocycles. The Morgan fingerprint density at radius 2 is 1.83 bits per heavy atom. The number of piperazine rings is 1. The molecule has 0 aromatic carbocycles. The number of nitrogens with one attached hydrogen (secondary N) is 2. The highest BCUT2D eigenvalue weighted by Crippen LogP contribution is 2.18. The van der Waals surface area contributed by atoms with Crippen LogP contribution < -0.4 is 15.5 Å². The first kappa shape index (κ1) is 17.8. The van der Waals surface area contributed by atoms with Gasteiger partial charge in [0.05, 0.1) is 11.9 Å². The number of amides is 3. The van der Waals surface area contributed by atoms with Gasteiger partial charge in [0.25, 0.3) is 0 Å². The third-order valence-electron chi connectivity index (χ3n) is 3.51. The molecule has 1 aromatic rings. The van der Waals surface area contributed by atoms with Gasteiger partial charge in [-0.05, 0) is 32.9 Å². The average Bonchev–Trinajstić information content (AvgIpc) is 2.54. The largest absolute Gasteiger partial charge is 0.444 e. The number of anilines is 2. The SMILES string of the molecule is CNC(=O)Nc1ccc(N2CCN(C(=O)OC(C)(C)C)CC2)cn1. The summed E-state index contributed by atoms with van der Waals surface area (Å²) in [7, 11) is 1.55. The number of rotatable bonds is 2. The van der Waals surface area contributed by atoms with E-state index in [1.54, 1.807) is 24.2 Å².